The number of carbonyl (C=O) groups is 2. The molecule has 1 aliphatic rings. The molecule has 1 atom stereocenters. The zero-order valence-electron chi connectivity index (χ0n) is 25.5. The van der Waals surface area contributed by atoms with Gasteiger partial charge in [0.2, 0.25) is 21.8 Å². The van der Waals surface area contributed by atoms with E-state index in [9.17, 15) is 22.4 Å². The summed E-state index contributed by atoms with van der Waals surface area (Å²) in [4.78, 5) is 29.4. The molecule has 1 N–H and O–H groups in total. The molecule has 44 heavy (non-hydrogen) atoms. The molecule has 1 aliphatic carbocycles. The minimum absolute atomic E-state index is 0.0239. The lowest BCUT2D eigenvalue weighted by atomic mass is 9.94. The lowest BCUT2D eigenvalue weighted by Crippen LogP contribution is -2.53. The molecule has 2 amide bonds. The van der Waals surface area contributed by atoms with Crippen molar-refractivity contribution in [2.45, 2.75) is 70.0 Å². The van der Waals surface area contributed by atoms with Crippen molar-refractivity contribution in [1.29, 1.82) is 0 Å². The average Bonchev–Trinajstić information content (AvgIpc) is 3.02. The predicted molar refractivity (Wildman–Crippen MR) is 170 cm³/mol. The van der Waals surface area contributed by atoms with Crippen molar-refractivity contribution in [2.24, 2.45) is 0 Å². The van der Waals surface area contributed by atoms with Gasteiger partial charge in [0.25, 0.3) is 0 Å². The van der Waals surface area contributed by atoms with E-state index >= 15 is 0 Å². The molecule has 0 saturated heterocycles. The summed E-state index contributed by atoms with van der Waals surface area (Å²) in [7, 11) is -2.23. The number of amides is 2. The maximum absolute atomic E-state index is 14.9. The van der Waals surface area contributed by atoms with E-state index in [0.717, 1.165) is 43.9 Å². The maximum Gasteiger partial charge on any atom is 0.243 e. The average molecular weight is 624 g/mol. The van der Waals surface area contributed by atoms with Crippen LogP contribution in [-0.4, -0.2) is 57.1 Å². The number of hydrogen-bond acceptors (Lipinski definition) is 5. The molecule has 3 aromatic rings. The molecule has 0 spiro atoms. The highest BCUT2D eigenvalue weighted by Crippen LogP contribution is 2.30. The van der Waals surface area contributed by atoms with Gasteiger partial charge in [0.1, 0.15) is 17.6 Å². The molecule has 1 fully saturated rings. The number of sulfonamides is 1. The number of hydrogen-bond donors (Lipinski definition) is 1. The van der Waals surface area contributed by atoms with Gasteiger partial charge in [-0.05, 0) is 43.0 Å². The van der Waals surface area contributed by atoms with Gasteiger partial charge in [0, 0.05) is 37.5 Å². The van der Waals surface area contributed by atoms with Crippen LogP contribution in [0.2, 0.25) is 0 Å². The molecule has 8 nitrogen and oxygen atoms in total. The van der Waals surface area contributed by atoms with Crippen LogP contribution < -0.4 is 14.4 Å². The molecule has 0 radical (unpaired) electrons. The Balaban J connectivity index is 1.61. The van der Waals surface area contributed by atoms with Crippen molar-refractivity contribution in [3.8, 4) is 5.75 Å². The van der Waals surface area contributed by atoms with E-state index in [2.05, 4.69) is 5.32 Å². The van der Waals surface area contributed by atoms with Crippen LogP contribution in [-0.2, 0) is 32.6 Å². The molecule has 1 unspecified atom stereocenters. The van der Waals surface area contributed by atoms with Gasteiger partial charge in [0.05, 0.1) is 19.1 Å². The molecule has 3 aromatic carbocycles. The Morgan fingerprint density at radius 1 is 0.955 bits per heavy atom. The first-order valence-corrected chi connectivity index (χ1v) is 17.0. The summed E-state index contributed by atoms with van der Waals surface area (Å²) in [6.07, 6.45) is 6.48. The third-order valence-electron chi connectivity index (χ3n) is 8.03. The first-order valence-electron chi connectivity index (χ1n) is 15.1. The van der Waals surface area contributed by atoms with Gasteiger partial charge in [-0.25, -0.2) is 12.8 Å². The molecule has 10 heteroatoms. The lowest BCUT2D eigenvalue weighted by Gasteiger charge is -2.34. The summed E-state index contributed by atoms with van der Waals surface area (Å²) >= 11 is 0. The van der Waals surface area contributed by atoms with Crippen LogP contribution in [0.15, 0.2) is 78.9 Å². The monoisotopic (exact) mass is 623 g/mol. The zero-order chi connectivity index (χ0) is 31.5. The number of benzene rings is 3. The van der Waals surface area contributed by atoms with Crippen LogP contribution >= 0.6 is 0 Å². The fraction of sp³-hybridized carbons (Fsp3) is 0.412. The number of carbonyl (C=O) groups excluding carboxylic acids is 2. The second kappa shape index (κ2) is 15.7. The third-order valence-corrected chi connectivity index (χ3v) is 9.21. The van der Waals surface area contributed by atoms with Crippen LogP contribution in [0.3, 0.4) is 0 Å². The van der Waals surface area contributed by atoms with Crippen LogP contribution in [0.4, 0.5) is 10.1 Å². The van der Waals surface area contributed by atoms with Gasteiger partial charge in [-0.15, -0.1) is 0 Å². The molecule has 0 bridgehead atoms. The van der Waals surface area contributed by atoms with E-state index in [-0.39, 0.29) is 50.2 Å². The van der Waals surface area contributed by atoms with Crippen molar-refractivity contribution in [3.05, 3.63) is 95.8 Å². The molecular formula is C34H42FN3O5S. The van der Waals surface area contributed by atoms with E-state index in [1.54, 1.807) is 42.5 Å². The Kier molecular flexibility index (Phi) is 11.8. The fourth-order valence-electron chi connectivity index (χ4n) is 5.73. The maximum atomic E-state index is 14.9. The number of halogens is 1. The second-order valence-electron chi connectivity index (χ2n) is 11.3. The Hall–Kier alpha value is -3.92. The van der Waals surface area contributed by atoms with Gasteiger partial charge in [-0.3, -0.25) is 13.9 Å². The van der Waals surface area contributed by atoms with E-state index in [1.165, 1.54) is 22.4 Å². The van der Waals surface area contributed by atoms with Gasteiger partial charge in [0.15, 0.2) is 0 Å². The Bertz CT molecular complexity index is 1500. The number of nitrogens with one attached hydrogen (secondary N) is 1. The van der Waals surface area contributed by atoms with Crippen LogP contribution in [0.1, 0.15) is 56.1 Å². The molecule has 0 aliphatic heterocycles. The standard InChI is InChI=1S/C34H42FN3O5S/c1-43-32-21-12-11-20-30(32)38(44(2,41)42)23-13-22-33(39)37(25-27-16-9-10-19-29(27)35)31(24-26-14-5-3-6-15-26)34(40)36-28-17-7-4-8-18-28/h3,5-6,9-12,14-16,19-21,28,31H,4,7-8,13,17-18,22-25H2,1-2H3,(H,36,40). The van der Waals surface area contributed by atoms with Gasteiger partial charge >= 0.3 is 0 Å². The number of ether oxygens (including phenoxy) is 1. The molecule has 4 rings (SSSR count). The number of anilines is 1. The zero-order valence-corrected chi connectivity index (χ0v) is 26.3. The Morgan fingerprint density at radius 3 is 2.30 bits per heavy atom. The molecule has 0 aromatic heterocycles. The summed E-state index contributed by atoms with van der Waals surface area (Å²) in [6, 6.07) is 21.6. The summed E-state index contributed by atoms with van der Waals surface area (Å²) in [5.74, 6) is -0.692. The SMILES string of the molecule is COc1ccccc1N(CCCC(=O)N(Cc1ccccc1F)C(Cc1ccccc1)C(=O)NC1CCCCC1)S(C)(=O)=O. The largest absolute Gasteiger partial charge is 0.495 e. The number of nitrogens with zero attached hydrogens (tertiary/aromatic N) is 2. The highest BCUT2D eigenvalue weighted by molar-refractivity contribution is 7.92. The summed E-state index contributed by atoms with van der Waals surface area (Å²) in [5.41, 5.74) is 1.56. The minimum Gasteiger partial charge on any atom is -0.495 e. The first kappa shape index (κ1) is 33.0. The lowest BCUT2D eigenvalue weighted by molar-refractivity contribution is -0.141. The van der Waals surface area contributed by atoms with E-state index in [0.29, 0.717) is 17.0 Å². The third kappa shape index (κ3) is 9.05. The van der Waals surface area contributed by atoms with Crippen molar-refractivity contribution in [1.82, 2.24) is 10.2 Å². The van der Waals surface area contributed by atoms with Crippen molar-refractivity contribution >= 4 is 27.5 Å². The molecule has 236 valence electrons. The smallest absolute Gasteiger partial charge is 0.243 e. The number of rotatable bonds is 14. The van der Waals surface area contributed by atoms with Crippen LogP contribution in [0.25, 0.3) is 0 Å². The van der Waals surface area contributed by atoms with Crippen molar-refractivity contribution in [2.75, 3.05) is 24.2 Å². The Morgan fingerprint density at radius 2 is 1.61 bits per heavy atom. The van der Waals surface area contributed by atoms with Gasteiger partial charge in [-0.2, -0.15) is 0 Å². The minimum atomic E-state index is -3.70. The van der Waals surface area contributed by atoms with E-state index in [1.807, 2.05) is 30.3 Å². The van der Waals surface area contributed by atoms with E-state index in [4.69, 9.17) is 4.74 Å². The number of para-hydroxylation sites is 2. The fourth-order valence-corrected chi connectivity index (χ4v) is 6.70. The molecular weight excluding hydrogens is 581 g/mol. The normalized spacial score (nSPS) is 14.4. The van der Waals surface area contributed by atoms with Crippen molar-refractivity contribution < 1.29 is 27.1 Å². The van der Waals surface area contributed by atoms with Gasteiger partial charge in [-0.1, -0.05) is 79.9 Å². The number of methoxy groups -OCH3 is 1. The summed E-state index contributed by atoms with van der Waals surface area (Å²) in [5, 5.41) is 3.18. The highest BCUT2D eigenvalue weighted by Gasteiger charge is 2.32. The summed E-state index contributed by atoms with van der Waals surface area (Å²) in [6.45, 7) is -0.0699. The van der Waals surface area contributed by atoms with Gasteiger partial charge < -0.3 is 15.0 Å². The Labute approximate surface area is 260 Å². The topological polar surface area (TPSA) is 96.0 Å². The predicted octanol–water partition coefficient (Wildman–Crippen LogP) is 5.47. The first-order chi connectivity index (χ1) is 21.2. The quantitative estimate of drug-likeness (QED) is 0.257. The van der Waals surface area contributed by atoms with Crippen LogP contribution in [0.5, 0.6) is 5.75 Å². The van der Waals surface area contributed by atoms with E-state index < -0.39 is 21.9 Å². The van der Waals surface area contributed by atoms with Crippen LogP contribution in [0, 0.1) is 5.82 Å². The second-order valence-corrected chi connectivity index (χ2v) is 13.2. The molecule has 0 heterocycles. The summed E-state index contributed by atoms with van der Waals surface area (Å²) < 4.78 is 47.0. The highest BCUT2D eigenvalue weighted by atomic mass is 32.2. The molecule has 1 saturated carbocycles. The van der Waals surface area contributed by atoms with Crippen molar-refractivity contribution in [3.63, 3.8) is 0 Å².